The van der Waals surface area contributed by atoms with Crippen molar-refractivity contribution in [2.24, 2.45) is 5.92 Å². The van der Waals surface area contributed by atoms with Gasteiger partial charge in [-0.1, -0.05) is 30.3 Å². The fourth-order valence-electron chi connectivity index (χ4n) is 2.32. The van der Waals surface area contributed by atoms with Crippen LogP contribution >= 0.6 is 0 Å². The minimum absolute atomic E-state index is 0.201. The number of alkyl halides is 3. The Balaban J connectivity index is 2.03. The maximum absolute atomic E-state index is 12.4. The Morgan fingerprint density at radius 2 is 2.00 bits per heavy atom. The Kier molecular flexibility index (Phi) is 5.22. The molecule has 21 heavy (non-hydrogen) atoms. The number of hydrogen-bond donors (Lipinski definition) is 0. The number of ether oxygens (including phenoxy) is 1. The summed E-state index contributed by atoms with van der Waals surface area (Å²) in [6.45, 7) is 0.685. The zero-order valence-electron chi connectivity index (χ0n) is 11.6. The molecule has 1 aliphatic heterocycles. The number of carbonyl (C=O) groups is 1. The van der Waals surface area contributed by atoms with Crippen LogP contribution in [-0.4, -0.2) is 36.7 Å². The molecule has 1 aliphatic rings. The van der Waals surface area contributed by atoms with Gasteiger partial charge in [0.05, 0.1) is 18.9 Å². The first-order chi connectivity index (χ1) is 9.96. The van der Waals surface area contributed by atoms with Crippen LogP contribution in [0.25, 0.3) is 0 Å². The fraction of sp³-hybridized carbons (Fsp3) is 0.533. The van der Waals surface area contributed by atoms with Crippen molar-refractivity contribution in [1.82, 2.24) is 4.90 Å². The zero-order valence-corrected chi connectivity index (χ0v) is 11.6. The number of halogens is 3. The van der Waals surface area contributed by atoms with Crippen LogP contribution < -0.4 is 0 Å². The lowest BCUT2D eigenvalue weighted by Crippen LogP contribution is -2.38. The largest absolute Gasteiger partial charge is 0.390 e. The van der Waals surface area contributed by atoms with Crippen LogP contribution in [0.1, 0.15) is 18.4 Å². The van der Waals surface area contributed by atoms with Crippen molar-refractivity contribution in [3.8, 4) is 0 Å². The molecule has 1 atom stereocenters. The monoisotopic (exact) mass is 301 g/mol. The second-order valence-electron chi connectivity index (χ2n) is 5.17. The van der Waals surface area contributed by atoms with Crippen LogP contribution in [0, 0.1) is 5.92 Å². The normalized spacial score (nSPS) is 18.7. The van der Waals surface area contributed by atoms with E-state index in [2.05, 4.69) is 0 Å². The summed E-state index contributed by atoms with van der Waals surface area (Å²) in [6.07, 6.45) is -4.67. The van der Waals surface area contributed by atoms with Gasteiger partial charge in [0.2, 0.25) is 5.91 Å². The number of benzene rings is 1. The summed E-state index contributed by atoms with van der Waals surface area (Å²) in [4.78, 5) is 13.6. The molecule has 0 aliphatic carbocycles. The Labute approximate surface area is 121 Å². The summed E-state index contributed by atoms with van der Waals surface area (Å²) in [5.74, 6) is -0.567. The Bertz CT molecular complexity index is 456. The number of amides is 1. The van der Waals surface area contributed by atoms with E-state index in [1.807, 2.05) is 6.07 Å². The fourth-order valence-corrected chi connectivity index (χ4v) is 2.32. The average molecular weight is 301 g/mol. The van der Waals surface area contributed by atoms with Crippen molar-refractivity contribution in [2.45, 2.75) is 25.6 Å². The number of carbonyl (C=O) groups excluding carboxylic acids is 1. The molecule has 1 aromatic rings. The first-order valence-corrected chi connectivity index (χ1v) is 6.93. The number of hydrogen-bond acceptors (Lipinski definition) is 2. The molecule has 1 saturated heterocycles. The topological polar surface area (TPSA) is 29.5 Å². The minimum atomic E-state index is -4.26. The van der Waals surface area contributed by atoms with Gasteiger partial charge in [-0.25, -0.2) is 0 Å². The van der Waals surface area contributed by atoms with Gasteiger partial charge in [0.1, 0.15) is 0 Å². The smallest absolute Gasteiger partial charge is 0.381 e. The predicted molar refractivity (Wildman–Crippen MR) is 71.5 cm³/mol. The number of rotatable bonds is 5. The van der Waals surface area contributed by atoms with Gasteiger partial charge in [0, 0.05) is 19.7 Å². The summed E-state index contributed by atoms with van der Waals surface area (Å²) in [6, 6.07) is 9.05. The minimum Gasteiger partial charge on any atom is -0.381 e. The molecule has 2 rings (SSSR count). The van der Waals surface area contributed by atoms with Gasteiger partial charge in [-0.05, 0) is 12.0 Å². The molecule has 0 bridgehead atoms. The van der Waals surface area contributed by atoms with Gasteiger partial charge < -0.3 is 9.64 Å². The summed E-state index contributed by atoms with van der Waals surface area (Å²) < 4.78 is 42.5. The van der Waals surface area contributed by atoms with Crippen molar-refractivity contribution in [2.75, 3.05) is 19.8 Å². The Morgan fingerprint density at radius 1 is 1.29 bits per heavy atom. The average Bonchev–Trinajstić information content (AvgIpc) is 2.97. The molecule has 0 saturated carbocycles. The van der Waals surface area contributed by atoms with Crippen molar-refractivity contribution >= 4 is 5.91 Å². The standard InChI is InChI=1S/C15H18F3NO2/c16-15(17,18)7-8-19(10-12-4-2-1-3-5-12)14(20)13-6-9-21-11-13/h1-5,13H,6-11H2/t13-/m0/s1. The molecule has 1 fully saturated rings. The molecule has 1 aromatic carbocycles. The Morgan fingerprint density at radius 3 is 2.57 bits per heavy atom. The predicted octanol–water partition coefficient (Wildman–Crippen LogP) is 3.00. The zero-order chi connectivity index (χ0) is 15.3. The van der Waals surface area contributed by atoms with E-state index in [1.165, 1.54) is 4.90 Å². The van der Waals surface area contributed by atoms with E-state index in [0.717, 1.165) is 5.56 Å². The van der Waals surface area contributed by atoms with Gasteiger partial charge in [-0.3, -0.25) is 4.79 Å². The molecule has 0 unspecified atom stereocenters. The lowest BCUT2D eigenvalue weighted by Gasteiger charge is -2.26. The SMILES string of the molecule is O=C([C@H]1CCOC1)N(CCC(F)(F)F)Cc1ccccc1. The second-order valence-corrected chi connectivity index (χ2v) is 5.17. The van der Waals surface area contributed by atoms with Crippen LogP contribution in [0.3, 0.4) is 0 Å². The quantitative estimate of drug-likeness (QED) is 0.836. The van der Waals surface area contributed by atoms with E-state index in [4.69, 9.17) is 4.74 Å². The number of nitrogens with zero attached hydrogens (tertiary/aromatic N) is 1. The van der Waals surface area contributed by atoms with Crippen LogP contribution in [0.2, 0.25) is 0 Å². The third kappa shape index (κ3) is 5.04. The molecular weight excluding hydrogens is 283 g/mol. The summed E-state index contributed by atoms with van der Waals surface area (Å²) in [7, 11) is 0. The van der Waals surface area contributed by atoms with E-state index in [9.17, 15) is 18.0 Å². The molecule has 116 valence electrons. The van der Waals surface area contributed by atoms with Crippen LogP contribution in [0.15, 0.2) is 30.3 Å². The van der Waals surface area contributed by atoms with Gasteiger partial charge in [-0.15, -0.1) is 0 Å². The van der Waals surface area contributed by atoms with Crippen LogP contribution in [0.5, 0.6) is 0 Å². The van der Waals surface area contributed by atoms with E-state index in [0.29, 0.717) is 19.6 Å². The highest BCUT2D eigenvalue weighted by molar-refractivity contribution is 5.79. The highest BCUT2D eigenvalue weighted by Gasteiger charge is 2.32. The molecule has 0 N–H and O–H groups in total. The molecule has 3 nitrogen and oxygen atoms in total. The molecule has 0 spiro atoms. The van der Waals surface area contributed by atoms with Crippen molar-refractivity contribution < 1.29 is 22.7 Å². The molecule has 6 heteroatoms. The first kappa shape index (κ1) is 15.8. The highest BCUT2D eigenvalue weighted by atomic mass is 19.4. The maximum atomic E-state index is 12.4. The molecule has 0 radical (unpaired) electrons. The lowest BCUT2D eigenvalue weighted by atomic mass is 10.1. The molecule has 1 heterocycles. The third-order valence-electron chi connectivity index (χ3n) is 3.47. The van der Waals surface area contributed by atoms with Crippen molar-refractivity contribution in [3.63, 3.8) is 0 Å². The lowest BCUT2D eigenvalue weighted by molar-refractivity contribution is -0.148. The molecular formula is C15H18F3NO2. The van der Waals surface area contributed by atoms with Gasteiger partial charge in [0.25, 0.3) is 0 Å². The second kappa shape index (κ2) is 6.93. The first-order valence-electron chi connectivity index (χ1n) is 6.93. The molecule has 0 aromatic heterocycles. The van der Waals surface area contributed by atoms with Crippen LogP contribution in [0.4, 0.5) is 13.2 Å². The van der Waals surface area contributed by atoms with Crippen LogP contribution in [-0.2, 0) is 16.1 Å². The van der Waals surface area contributed by atoms with Gasteiger partial charge in [0.15, 0.2) is 0 Å². The van der Waals surface area contributed by atoms with Crippen molar-refractivity contribution in [3.05, 3.63) is 35.9 Å². The Hall–Kier alpha value is -1.56. The van der Waals surface area contributed by atoms with E-state index >= 15 is 0 Å². The highest BCUT2D eigenvalue weighted by Crippen LogP contribution is 2.23. The summed E-state index contributed by atoms with van der Waals surface area (Å²) in [5.41, 5.74) is 0.826. The van der Waals surface area contributed by atoms with Gasteiger partial charge >= 0.3 is 6.18 Å². The van der Waals surface area contributed by atoms with E-state index in [-0.39, 0.29) is 24.9 Å². The van der Waals surface area contributed by atoms with E-state index < -0.39 is 12.6 Å². The third-order valence-corrected chi connectivity index (χ3v) is 3.47. The van der Waals surface area contributed by atoms with Gasteiger partial charge in [-0.2, -0.15) is 13.2 Å². The summed E-state index contributed by atoms with van der Waals surface area (Å²) >= 11 is 0. The maximum Gasteiger partial charge on any atom is 0.390 e. The van der Waals surface area contributed by atoms with Crippen molar-refractivity contribution in [1.29, 1.82) is 0 Å². The summed E-state index contributed by atoms with van der Waals surface area (Å²) in [5, 5.41) is 0. The van der Waals surface area contributed by atoms with E-state index in [1.54, 1.807) is 24.3 Å². The molecule has 1 amide bonds.